The summed E-state index contributed by atoms with van der Waals surface area (Å²) in [4.78, 5) is 39.7. The summed E-state index contributed by atoms with van der Waals surface area (Å²) in [5, 5.41) is 9.16. The number of aromatic amines is 1. The number of aromatic nitrogens is 3. The number of imidazole rings is 1. The number of nitrogens with one attached hydrogen (secondary N) is 1. The lowest BCUT2D eigenvalue weighted by Gasteiger charge is -2.35. The van der Waals surface area contributed by atoms with E-state index in [1.807, 2.05) is 26.8 Å². The molecule has 33 heavy (non-hydrogen) atoms. The largest absolute Gasteiger partial charge is 0.478 e. The number of hydrogen-bond acceptors (Lipinski definition) is 6. The van der Waals surface area contributed by atoms with Crippen LogP contribution < -0.4 is 0 Å². The van der Waals surface area contributed by atoms with Crippen molar-refractivity contribution in [3.63, 3.8) is 0 Å². The van der Waals surface area contributed by atoms with E-state index in [9.17, 15) is 9.59 Å². The molecule has 0 spiro atoms. The van der Waals surface area contributed by atoms with Crippen molar-refractivity contribution in [3.8, 4) is 0 Å². The Morgan fingerprint density at radius 3 is 2.58 bits per heavy atom. The first-order valence-corrected chi connectivity index (χ1v) is 11.0. The van der Waals surface area contributed by atoms with Gasteiger partial charge >= 0.3 is 12.1 Å². The van der Waals surface area contributed by atoms with Gasteiger partial charge in [0.25, 0.3) is 0 Å². The number of ether oxygens (including phenoxy) is 1. The van der Waals surface area contributed by atoms with Crippen molar-refractivity contribution >= 4 is 23.1 Å². The van der Waals surface area contributed by atoms with E-state index in [0.717, 1.165) is 42.2 Å². The molecule has 9 heteroatoms. The third-order valence-corrected chi connectivity index (χ3v) is 5.44. The van der Waals surface area contributed by atoms with Crippen molar-refractivity contribution in [1.82, 2.24) is 24.8 Å². The maximum Gasteiger partial charge on any atom is 0.410 e. The zero-order valence-electron chi connectivity index (χ0n) is 19.2. The van der Waals surface area contributed by atoms with E-state index in [-0.39, 0.29) is 11.7 Å². The molecule has 2 aromatic heterocycles. The first kappa shape index (κ1) is 22.7. The predicted octanol–water partition coefficient (Wildman–Crippen LogP) is 3.30. The van der Waals surface area contributed by atoms with E-state index < -0.39 is 11.6 Å². The van der Waals surface area contributed by atoms with Gasteiger partial charge in [0, 0.05) is 51.0 Å². The number of aromatic carboxylic acids is 1. The maximum absolute atomic E-state index is 12.3. The third kappa shape index (κ3) is 5.87. The summed E-state index contributed by atoms with van der Waals surface area (Å²) < 4.78 is 5.47. The fourth-order valence-corrected chi connectivity index (χ4v) is 3.85. The lowest BCUT2D eigenvalue weighted by atomic mass is 10.1. The van der Waals surface area contributed by atoms with Crippen molar-refractivity contribution in [2.45, 2.75) is 39.3 Å². The van der Waals surface area contributed by atoms with Gasteiger partial charge in [0.2, 0.25) is 0 Å². The Kier molecular flexibility index (Phi) is 6.33. The number of carbonyl (C=O) groups is 2. The van der Waals surface area contributed by atoms with E-state index >= 15 is 0 Å². The molecule has 0 atom stereocenters. The van der Waals surface area contributed by atoms with Gasteiger partial charge in [-0.25, -0.2) is 14.6 Å². The second-order valence-corrected chi connectivity index (χ2v) is 9.30. The Morgan fingerprint density at radius 1 is 1.12 bits per heavy atom. The van der Waals surface area contributed by atoms with Gasteiger partial charge in [0.15, 0.2) is 0 Å². The monoisotopic (exact) mass is 451 g/mol. The minimum atomic E-state index is -0.964. The standard InChI is InChI=1S/C24H29N5O4/c1-24(2,3)33-23(32)29-10-8-28(9-11-29)15-16-6-7-25-18(12-16)14-21-26-19-5-4-17(22(30)31)13-20(19)27-21/h4-7,12-13H,8-11,14-15H2,1-3H3,(H,26,27)(H,30,31). The molecule has 3 aromatic rings. The van der Waals surface area contributed by atoms with Crippen LogP contribution in [-0.4, -0.2) is 73.7 Å². The summed E-state index contributed by atoms with van der Waals surface area (Å²) in [5.74, 6) is -0.225. The predicted molar refractivity (Wildman–Crippen MR) is 123 cm³/mol. The number of piperazine rings is 1. The van der Waals surface area contributed by atoms with Gasteiger partial charge in [-0.3, -0.25) is 9.88 Å². The molecule has 9 nitrogen and oxygen atoms in total. The number of hydrogen-bond donors (Lipinski definition) is 2. The van der Waals surface area contributed by atoms with Gasteiger partial charge in [0.1, 0.15) is 11.4 Å². The van der Waals surface area contributed by atoms with Crippen molar-refractivity contribution < 1.29 is 19.4 Å². The molecule has 1 amide bonds. The van der Waals surface area contributed by atoms with Crippen LogP contribution in [0.25, 0.3) is 11.0 Å². The van der Waals surface area contributed by atoms with Gasteiger partial charge in [-0.15, -0.1) is 0 Å². The first-order valence-electron chi connectivity index (χ1n) is 11.0. The second kappa shape index (κ2) is 9.19. The number of carboxylic acid groups (broad SMARTS) is 1. The second-order valence-electron chi connectivity index (χ2n) is 9.30. The lowest BCUT2D eigenvalue weighted by Crippen LogP contribution is -2.49. The van der Waals surface area contributed by atoms with Crippen LogP contribution in [0.1, 0.15) is 48.2 Å². The number of nitrogens with zero attached hydrogens (tertiary/aromatic N) is 4. The van der Waals surface area contributed by atoms with Crippen LogP contribution in [0.4, 0.5) is 4.79 Å². The van der Waals surface area contributed by atoms with Gasteiger partial charge in [-0.05, 0) is 56.7 Å². The summed E-state index contributed by atoms with van der Waals surface area (Å²) in [6, 6.07) is 8.92. The van der Waals surface area contributed by atoms with Crippen LogP contribution in [0.3, 0.4) is 0 Å². The van der Waals surface area contributed by atoms with E-state index in [4.69, 9.17) is 9.84 Å². The molecule has 3 heterocycles. The molecule has 0 bridgehead atoms. The van der Waals surface area contributed by atoms with E-state index in [0.29, 0.717) is 25.0 Å². The van der Waals surface area contributed by atoms with Crippen LogP contribution in [-0.2, 0) is 17.7 Å². The molecule has 2 N–H and O–H groups in total. The smallest absolute Gasteiger partial charge is 0.410 e. The number of benzene rings is 1. The zero-order valence-corrected chi connectivity index (χ0v) is 19.2. The average molecular weight is 452 g/mol. The molecule has 4 rings (SSSR count). The summed E-state index contributed by atoms with van der Waals surface area (Å²) in [7, 11) is 0. The number of carboxylic acids is 1. The molecule has 1 aliphatic rings. The van der Waals surface area contributed by atoms with Crippen molar-refractivity contribution in [3.05, 3.63) is 59.2 Å². The molecule has 1 aromatic carbocycles. The summed E-state index contributed by atoms with van der Waals surface area (Å²) in [6.07, 6.45) is 2.07. The van der Waals surface area contributed by atoms with E-state index in [1.165, 1.54) is 0 Å². The normalized spacial score (nSPS) is 15.1. The third-order valence-electron chi connectivity index (χ3n) is 5.44. The number of fused-ring (bicyclic) bond motifs is 1. The SMILES string of the molecule is CC(C)(C)OC(=O)N1CCN(Cc2ccnc(Cc3nc4ccc(C(=O)O)cc4[nH]3)c2)CC1. The number of H-pyrrole nitrogens is 1. The van der Waals surface area contributed by atoms with Crippen molar-refractivity contribution in [1.29, 1.82) is 0 Å². The summed E-state index contributed by atoms with van der Waals surface area (Å²) in [5.41, 5.74) is 3.20. The quantitative estimate of drug-likeness (QED) is 0.612. The molecule has 0 unspecified atom stereocenters. The Bertz CT molecular complexity index is 1160. The minimum absolute atomic E-state index is 0.226. The highest BCUT2D eigenvalue weighted by molar-refractivity contribution is 5.92. The molecule has 0 saturated carbocycles. The molecule has 0 aliphatic carbocycles. The van der Waals surface area contributed by atoms with Crippen LogP contribution in [0, 0.1) is 0 Å². The fourth-order valence-electron chi connectivity index (χ4n) is 3.85. The fraction of sp³-hybridized carbons (Fsp3) is 0.417. The number of rotatable bonds is 5. The summed E-state index contributed by atoms with van der Waals surface area (Å²) >= 11 is 0. The van der Waals surface area contributed by atoms with Crippen molar-refractivity contribution in [2.75, 3.05) is 26.2 Å². The zero-order chi connectivity index (χ0) is 23.6. The van der Waals surface area contributed by atoms with Crippen LogP contribution in [0.5, 0.6) is 0 Å². The Balaban J connectivity index is 1.35. The molecule has 174 valence electrons. The highest BCUT2D eigenvalue weighted by atomic mass is 16.6. The Morgan fingerprint density at radius 2 is 1.88 bits per heavy atom. The lowest BCUT2D eigenvalue weighted by molar-refractivity contribution is 0.0139. The topological polar surface area (TPSA) is 112 Å². The van der Waals surface area contributed by atoms with E-state index in [1.54, 1.807) is 29.3 Å². The minimum Gasteiger partial charge on any atom is -0.478 e. The Hall–Kier alpha value is -3.46. The van der Waals surface area contributed by atoms with Crippen LogP contribution in [0.2, 0.25) is 0 Å². The number of amides is 1. The molecular weight excluding hydrogens is 422 g/mol. The van der Waals surface area contributed by atoms with E-state index in [2.05, 4.69) is 25.9 Å². The van der Waals surface area contributed by atoms with Crippen LogP contribution in [0.15, 0.2) is 36.5 Å². The van der Waals surface area contributed by atoms with Gasteiger partial charge in [0.05, 0.1) is 16.6 Å². The first-order chi connectivity index (χ1) is 15.7. The van der Waals surface area contributed by atoms with Gasteiger partial charge in [-0.2, -0.15) is 0 Å². The Labute approximate surface area is 192 Å². The molecule has 1 aliphatic heterocycles. The molecular formula is C24H29N5O4. The van der Waals surface area contributed by atoms with Gasteiger partial charge in [-0.1, -0.05) is 0 Å². The molecule has 0 radical (unpaired) electrons. The highest BCUT2D eigenvalue weighted by Gasteiger charge is 2.25. The summed E-state index contributed by atoms with van der Waals surface area (Å²) in [6.45, 7) is 9.26. The van der Waals surface area contributed by atoms with Crippen LogP contribution >= 0.6 is 0 Å². The number of carbonyl (C=O) groups excluding carboxylic acids is 1. The van der Waals surface area contributed by atoms with Gasteiger partial charge < -0.3 is 19.7 Å². The maximum atomic E-state index is 12.3. The molecule has 1 saturated heterocycles. The molecule has 1 fully saturated rings. The van der Waals surface area contributed by atoms with Crippen molar-refractivity contribution in [2.24, 2.45) is 0 Å². The highest BCUT2D eigenvalue weighted by Crippen LogP contribution is 2.17. The average Bonchev–Trinajstić information content (AvgIpc) is 3.14. The number of pyridine rings is 1.